The van der Waals surface area contributed by atoms with Gasteiger partial charge in [0.2, 0.25) is 5.91 Å². The molecular weight excluding hydrogens is 276 g/mol. The fourth-order valence-electron chi connectivity index (χ4n) is 1.85. The quantitative estimate of drug-likeness (QED) is 0.506. The predicted octanol–water partition coefficient (Wildman–Crippen LogP) is 4.09. The second kappa shape index (κ2) is 7.78. The van der Waals surface area contributed by atoms with Gasteiger partial charge < -0.3 is 10.2 Å². The summed E-state index contributed by atoms with van der Waals surface area (Å²) >= 11 is 0. The van der Waals surface area contributed by atoms with Gasteiger partial charge in [0.25, 0.3) is 0 Å². The first-order valence-corrected chi connectivity index (χ1v) is 7.45. The molecule has 22 heavy (non-hydrogen) atoms. The van der Waals surface area contributed by atoms with Crippen molar-refractivity contribution in [1.82, 2.24) is 5.32 Å². The molecule has 0 fully saturated rings. The van der Waals surface area contributed by atoms with E-state index in [0.29, 0.717) is 0 Å². The number of carbonyl (C=O) groups is 1. The molecule has 1 atom stereocenters. The van der Waals surface area contributed by atoms with Crippen LogP contribution < -0.4 is 5.32 Å². The summed E-state index contributed by atoms with van der Waals surface area (Å²) in [6.45, 7) is 11.6. The Hall–Kier alpha value is -2.10. The first-order valence-electron chi connectivity index (χ1n) is 7.45. The molecule has 4 nitrogen and oxygen atoms in total. The Labute approximate surface area is 133 Å². The number of oxime groups is 1. The summed E-state index contributed by atoms with van der Waals surface area (Å²) in [4.78, 5) is 17.3. The smallest absolute Gasteiger partial charge is 0.244 e. The molecule has 120 valence electrons. The van der Waals surface area contributed by atoms with Gasteiger partial charge in [-0.15, -0.1) is 0 Å². The molecule has 0 heterocycles. The van der Waals surface area contributed by atoms with Crippen molar-refractivity contribution in [3.05, 3.63) is 41.5 Å². The molecule has 0 saturated carbocycles. The minimum atomic E-state index is -0.245. The normalized spacial score (nSPS) is 12.8. The maximum atomic E-state index is 11.9. The molecule has 0 bridgehead atoms. The molecule has 1 aromatic carbocycles. The Morgan fingerprint density at radius 3 is 2.50 bits per heavy atom. The van der Waals surface area contributed by atoms with E-state index in [1.165, 1.54) is 0 Å². The molecule has 1 unspecified atom stereocenters. The summed E-state index contributed by atoms with van der Waals surface area (Å²) in [6, 6.07) is 7.82. The SMILES string of the molecule is CC(C)=NOC(C)c1ccccc1/C=C/C(=O)NC(C)(C)C. The predicted molar refractivity (Wildman–Crippen MR) is 91.7 cm³/mol. The fourth-order valence-corrected chi connectivity index (χ4v) is 1.85. The zero-order valence-corrected chi connectivity index (χ0v) is 14.3. The number of nitrogens with zero attached hydrogens (tertiary/aromatic N) is 1. The van der Waals surface area contributed by atoms with Gasteiger partial charge >= 0.3 is 0 Å². The Bertz CT molecular complexity index is 565. The molecule has 0 aliphatic carbocycles. The zero-order chi connectivity index (χ0) is 16.8. The van der Waals surface area contributed by atoms with Crippen LogP contribution in [0, 0.1) is 0 Å². The molecule has 0 spiro atoms. The summed E-state index contributed by atoms with van der Waals surface area (Å²) in [5, 5.41) is 6.90. The van der Waals surface area contributed by atoms with E-state index < -0.39 is 0 Å². The van der Waals surface area contributed by atoms with Crippen molar-refractivity contribution in [3.8, 4) is 0 Å². The van der Waals surface area contributed by atoms with Crippen molar-refractivity contribution in [2.45, 2.75) is 53.2 Å². The summed E-state index contributed by atoms with van der Waals surface area (Å²) < 4.78 is 0. The highest BCUT2D eigenvalue weighted by Gasteiger charge is 2.12. The van der Waals surface area contributed by atoms with E-state index in [1.807, 2.05) is 65.8 Å². The third kappa shape index (κ3) is 6.57. The average Bonchev–Trinajstić information content (AvgIpc) is 2.41. The van der Waals surface area contributed by atoms with Gasteiger partial charge in [-0.05, 0) is 53.2 Å². The second-order valence-electron chi connectivity index (χ2n) is 6.49. The molecule has 0 aliphatic heterocycles. The van der Waals surface area contributed by atoms with Gasteiger partial charge in [-0.1, -0.05) is 29.4 Å². The van der Waals surface area contributed by atoms with Gasteiger partial charge in [0, 0.05) is 17.2 Å². The van der Waals surface area contributed by atoms with Crippen LogP contribution in [0.2, 0.25) is 0 Å². The van der Waals surface area contributed by atoms with Crippen molar-refractivity contribution in [2.75, 3.05) is 0 Å². The average molecular weight is 302 g/mol. The van der Waals surface area contributed by atoms with E-state index in [1.54, 1.807) is 12.2 Å². The third-order valence-electron chi connectivity index (χ3n) is 2.74. The number of hydrogen-bond donors (Lipinski definition) is 1. The van der Waals surface area contributed by atoms with E-state index in [9.17, 15) is 4.79 Å². The van der Waals surface area contributed by atoms with E-state index >= 15 is 0 Å². The first-order chi connectivity index (χ1) is 10.2. The molecule has 1 amide bonds. The highest BCUT2D eigenvalue weighted by Crippen LogP contribution is 2.22. The van der Waals surface area contributed by atoms with Crippen LogP contribution in [0.15, 0.2) is 35.5 Å². The lowest BCUT2D eigenvalue weighted by molar-refractivity contribution is -0.117. The standard InChI is InChI=1S/C18H26N2O2/c1-13(2)20-22-14(3)16-10-8-7-9-15(16)11-12-17(21)19-18(4,5)6/h7-12,14H,1-6H3,(H,19,21)/b12-11+. The molecule has 0 aliphatic rings. The highest BCUT2D eigenvalue weighted by molar-refractivity contribution is 5.92. The number of rotatable bonds is 5. The van der Waals surface area contributed by atoms with Gasteiger partial charge in [-0.25, -0.2) is 0 Å². The molecule has 0 aromatic heterocycles. The lowest BCUT2D eigenvalue weighted by Crippen LogP contribution is -2.39. The van der Waals surface area contributed by atoms with Crippen molar-refractivity contribution in [3.63, 3.8) is 0 Å². The minimum absolute atomic E-state index is 0.113. The Kier molecular flexibility index (Phi) is 6.35. The summed E-state index contributed by atoms with van der Waals surface area (Å²) in [6.07, 6.45) is 3.17. The van der Waals surface area contributed by atoms with Crippen LogP contribution in [0.4, 0.5) is 0 Å². The number of hydrogen-bond acceptors (Lipinski definition) is 3. The number of amides is 1. The summed E-state index contributed by atoms with van der Waals surface area (Å²) in [7, 11) is 0. The minimum Gasteiger partial charge on any atom is -0.388 e. The maximum absolute atomic E-state index is 11.9. The fraction of sp³-hybridized carbons (Fsp3) is 0.444. The number of nitrogens with one attached hydrogen (secondary N) is 1. The Balaban J connectivity index is 2.88. The molecule has 4 heteroatoms. The van der Waals surface area contributed by atoms with Crippen molar-refractivity contribution >= 4 is 17.7 Å². The van der Waals surface area contributed by atoms with Crippen LogP contribution in [-0.4, -0.2) is 17.2 Å². The highest BCUT2D eigenvalue weighted by atomic mass is 16.6. The van der Waals surface area contributed by atoms with E-state index in [-0.39, 0.29) is 17.6 Å². The molecule has 1 rings (SSSR count). The van der Waals surface area contributed by atoms with Gasteiger partial charge in [-0.2, -0.15) is 0 Å². The largest absolute Gasteiger partial charge is 0.388 e. The summed E-state index contributed by atoms with van der Waals surface area (Å²) in [5.74, 6) is -0.113. The van der Waals surface area contributed by atoms with Crippen LogP contribution in [-0.2, 0) is 9.63 Å². The zero-order valence-electron chi connectivity index (χ0n) is 14.3. The summed E-state index contributed by atoms with van der Waals surface area (Å²) in [5.41, 5.74) is 2.56. The van der Waals surface area contributed by atoms with Gasteiger partial charge in [0.15, 0.2) is 0 Å². The molecule has 0 radical (unpaired) electrons. The van der Waals surface area contributed by atoms with Crippen molar-refractivity contribution in [2.24, 2.45) is 5.16 Å². The lowest BCUT2D eigenvalue weighted by Gasteiger charge is -2.19. The van der Waals surface area contributed by atoms with E-state index in [4.69, 9.17) is 4.84 Å². The topological polar surface area (TPSA) is 50.7 Å². The van der Waals surface area contributed by atoms with Gasteiger partial charge in [-0.3, -0.25) is 4.79 Å². The lowest BCUT2D eigenvalue weighted by atomic mass is 10.0. The third-order valence-corrected chi connectivity index (χ3v) is 2.74. The Morgan fingerprint density at radius 2 is 1.91 bits per heavy atom. The number of benzene rings is 1. The van der Waals surface area contributed by atoms with Crippen molar-refractivity contribution in [1.29, 1.82) is 0 Å². The van der Waals surface area contributed by atoms with Gasteiger partial charge in [0.1, 0.15) is 6.10 Å². The van der Waals surface area contributed by atoms with Crippen LogP contribution in [0.25, 0.3) is 6.08 Å². The number of carbonyl (C=O) groups excluding carboxylic acids is 1. The van der Waals surface area contributed by atoms with Crippen LogP contribution >= 0.6 is 0 Å². The molecule has 1 N–H and O–H groups in total. The monoisotopic (exact) mass is 302 g/mol. The van der Waals surface area contributed by atoms with Crippen LogP contribution in [0.3, 0.4) is 0 Å². The maximum Gasteiger partial charge on any atom is 0.244 e. The van der Waals surface area contributed by atoms with Gasteiger partial charge in [0.05, 0.1) is 5.71 Å². The molecular formula is C18H26N2O2. The van der Waals surface area contributed by atoms with Crippen LogP contribution in [0.1, 0.15) is 58.8 Å². The van der Waals surface area contributed by atoms with E-state index in [0.717, 1.165) is 16.8 Å². The second-order valence-corrected chi connectivity index (χ2v) is 6.49. The Morgan fingerprint density at radius 1 is 1.27 bits per heavy atom. The molecule has 1 aromatic rings. The molecule has 0 saturated heterocycles. The van der Waals surface area contributed by atoms with Crippen LogP contribution in [0.5, 0.6) is 0 Å². The first kappa shape index (κ1) is 18.0. The van der Waals surface area contributed by atoms with Crippen molar-refractivity contribution < 1.29 is 9.63 Å². The van der Waals surface area contributed by atoms with E-state index in [2.05, 4.69) is 10.5 Å².